The number of carbonyl (C=O) groups is 1. The molecule has 6 nitrogen and oxygen atoms in total. The van der Waals surface area contributed by atoms with Gasteiger partial charge in [-0.2, -0.15) is 0 Å². The van der Waals surface area contributed by atoms with Gasteiger partial charge in [0.25, 0.3) is 0 Å². The molecule has 5 atom stereocenters. The molecule has 5 unspecified atom stereocenters. The van der Waals surface area contributed by atoms with E-state index in [1.807, 2.05) is 35.2 Å². The second kappa shape index (κ2) is 7.98. The summed E-state index contributed by atoms with van der Waals surface area (Å²) in [7, 11) is 0. The number of amides is 1. The van der Waals surface area contributed by atoms with Crippen molar-refractivity contribution in [2.75, 3.05) is 6.54 Å². The summed E-state index contributed by atoms with van der Waals surface area (Å²) < 4.78 is 0. The molecule has 3 rings (SSSR count). The van der Waals surface area contributed by atoms with E-state index in [2.05, 4.69) is 13.8 Å². The van der Waals surface area contributed by atoms with Gasteiger partial charge in [0, 0.05) is 18.3 Å². The number of amidine groups is 1. The van der Waals surface area contributed by atoms with E-state index < -0.39 is 24.0 Å². The minimum atomic E-state index is -0.961. The maximum absolute atomic E-state index is 11.9. The van der Waals surface area contributed by atoms with Crippen LogP contribution in [0.3, 0.4) is 0 Å². The number of aliphatic hydroxyl groups excluding tert-OH is 2. The molecule has 1 amide bonds. The van der Waals surface area contributed by atoms with Crippen LogP contribution in [0.5, 0.6) is 0 Å². The van der Waals surface area contributed by atoms with Crippen LogP contribution in [0.15, 0.2) is 35.3 Å². The van der Waals surface area contributed by atoms with Crippen molar-refractivity contribution in [1.29, 1.82) is 0 Å². The summed E-state index contributed by atoms with van der Waals surface area (Å²) in [5.74, 6) is -0.497. The van der Waals surface area contributed by atoms with Gasteiger partial charge in [0.05, 0.1) is 18.1 Å². The number of aliphatic imine (C=N–C) groups is 1. The fourth-order valence-electron chi connectivity index (χ4n) is 3.64. The standard InChI is InChI=1S/C19H27N3O3S/c1-11(2)9-21-19-22(10-12-6-4-3-5-7-12)15-16(24)14(23)8-13(18(20)25)17(15)26-19/h3-7,11,13-17,23-24H,8-10H2,1-2H3,(H2,20,25). The minimum absolute atomic E-state index is 0.194. The number of hydrogen-bond donors (Lipinski definition) is 3. The van der Waals surface area contributed by atoms with Gasteiger partial charge in [0.1, 0.15) is 6.10 Å². The molecule has 2 aliphatic rings. The summed E-state index contributed by atoms with van der Waals surface area (Å²) in [6.45, 7) is 5.44. The molecule has 26 heavy (non-hydrogen) atoms. The zero-order chi connectivity index (χ0) is 18.8. The molecule has 0 bridgehead atoms. The molecular formula is C19H27N3O3S. The molecule has 2 fully saturated rings. The number of benzene rings is 1. The number of primary amides is 1. The summed E-state index contributed by atoms with van der Waals surface area (Å²) in [6.07, 6.45) is -1.70. The molecule has 1 heterocycles. The lowest BCUT2D eigenvalue weighted by atomic mass is 9.80. The van der Waals surface area contributed by atoms with Gasteiger partial charge >= 0.3 is 0 Å². The Kier molecular flexibility index (Phi) is 5.89. The fraction of sp³-hybridized carbons (Fsp3) is 0.579. The molecule has 142 valence electrons. The summed E-state index contributed by atoms with van der Waals surface area (Å²) >= 11 is 1.51. The van der Waals surface area contributed by atoms with Gasteiger partial charge in [-0.25, -0.2) is 0 Å². The molecule has 1 aliphatic carbocycles. The minimum Gasteiger partial charge on any atom is -0.390 e. The third-order valence-electron chi connectivity index (χ3n) is 4.97. The lowest BCUT2D eigenvalue weighted by molar-refractivity contribution is -0.128. The lowest BCUT2D eigenvalue weighted by Gasteiger charge is -2.41. The highest BCUT2D eigenvalue weighted by Gasteiger charge is 2.54. The average Bonchev–Trinajstić information content (AvgIpc) is 2.95. The van der Waals surface area contributed by atoms with Crippen LogP contribution in [0.4, 0.5) is 0 Å². The summed E-state index contributed by atoms with van der Waals surface area (Å²) in [6, 6.07) is 9.57. The van der Waals surface area contributed by atoms with Crippen LogP contribution in [0.2, 0.25) is 0 Å². The molecule has 1 aliphatic heterocycles. The summed E-state index contributed by atoms with van der Waals surface area (Å²) in [4.78, 5) is 18.7. The zero-order valence-corrected chi connectivity index (χ0v) is 16.0. The third-order valence-corrected chi connectivity index (χ3v) is 6.43. The molecule has 0 aromatic heterocycles. The summed E-state index contributed by atoms with van der Waals surface area (Å²) in [5.41, 5.74) is 6.68. The Morgan fingerprint density at radius 2 is 2.04 bits per heavy atom. The second-order valence-electron chi connectivity index (χ2n) is 7.51. The first-order chi connectivity index (χ1) is 12.4. The smallest absolute Gasteiger partial charge is 0.221 e. The number of carbonyl (C=O) groups excluding carboxylic acids is 1. The number of nitrogens with two attached hydrogens (primary N) is 1. The predicted molar refractivity (Wildman–Crippen MR) is 104 cm³/mol. The van der Waals surface area contributed by atoms with Crippen LogP contribution in [-0.2, 0) is 11.3 Å². The van der Waals surface area contributed by atoms with Crippen molar-refractivity contribution in [2.24, 2.45) is 22.6 Å². The van der Waals surface area contributed by atoms with Crippen LogP contribution >= 0.6 is 11.8 Å². The van der Waals surface area contributed by atoms with Crippen molar-refractivity contribution in [3.63, 3.8) is 0 Å². The van der Waals surface area contributed by atoms with Crippen LogP contribution in [-0.4, -0.2) is 56.2 Å². The van der Waals surface area contributed by atoms with Gasteiger partial charge in [-0.3, -0.25) is 9.79 Å². The highest BCUT2D eigenvalue weighted by atomic mass is 32.2. The van der Waals surface area contributed by atoms with Crippen molar-refractivity contribution >= 4 is 22.8 Å². The van der Waals surface area contributed by atoms with Gasteiger partial charge in [-0.05, 0) is 17.9 Å². The SMILES string of the molecule is CC(C)CN=C1SC2C(C(N)=O)CC(O)C(O)C2N1Cc1ccccc1. The van der Waals surface area contributed by atoms with Crippen LogP contribution < -0.4 is 5.73 Å². The van der Waals surface area contributed by atoms with Crippen LogP contribution in [0.25, 0.3) is 0 Å². The topological polar surface area (TPSA) is 99.1 Å². The average molecular weight is 378 g/mol. The van der Waals surface area contributed by atoms with Crippen molar-refractivity contribution in [3.05, 3.63) is 35.9 Å². The fourth-order valence-corrected chi connectivity index (χ4v) is 5.22. The molecule has 0 radical (unpaired) electrons. The van der Waals surface area contributed by atoms with E-state index in [0.717, 1.165) is 10.7 Å². The zero-order valence-electron chi connectivity index (χ0n) is 15.2. The van der Waals surface area contributed by atoms with E-state index in [9.17, 15) is 15.0 Å². The number of thioether (sulfide) groups is 1. The molecule has 0 spiro atoms. The van der Waals surface area contributed by atoms with Gasteiger partial charge in [-0.15, -0.1) is 0 Å². The number of aliphatic hydroxyl groups is 2. The van der Waals surface area contributed by atoms with E-state index in [0.29, 0.717) is 19.0 Å². The van der Waals surface area contributed by atoms with E-state index in [1.54, 1.807) is 0 Å². The number of nitrogens with zero attached hydrogens (tertiary/aromatic N) is 2. The molecule has 1 saturated heterocycles. The first-order valence-corrected chi connectivity index (χ1v) is 9.93. The molecular weight excluding hydrogens is 350 g/mol. The number of fused-ring (bicyclic) bond motifs is 1. The molecule has 7 heteroatoms. The largest absolute Gasteiger partial charge is 0.390 e. The Labute approximate surface area is 158 Å². The Hall–Kier alpha value is -1.57. The molecule has 1 saturated carbocycles. The van der Waals surface area contributed by atoms with Gasteiger partial charge in [0.15, 0.2) is 5.17 Å². The Morgan fingerprint density at radius 1 is 1.35 bits per heavy atom. The van der Waals surface area contributed by atoms with Crippen LogP contribution in [0, 0.1) is 11.8 Å². The second-order valence-corrected chi connectivity index (χ2v) is 8.65. The highest BCUT2D eigenvalue weighted by Crippen LogP contribution is 2.44. The lowest BCUT2D eigenvalue weighted by Crippen LogP contribution is -2.58. The normalized spacial score (nSPS) is 32.9. The van der Waals surface area contributed by atoms with Crippen LogP contribution in [0.1, 0.15) is 25.8 Å². The Bertz CT molecular complexity index is 667. The monoisotopic (exact) mass is 377 g/mol. The first-order valence-electron chi connectivity index (χ1n) is 9.05. The van der Waals surface area contributed by atoms with Crippen molar-refractivity contribution in [1.82, 2.24) is 4.90 Å². The third kappa shape index (κ3) is 3.89. The maximum Gasteiger partial charge on any atom is 0.221 e. The quantitative estimate of drug-likeness (QED) is 0.716. The first kappa shape index (κ1) is 19.2. The van der Waals surface area contributed by atoms with Crippen molar-refractivity contribution in [3.8, 4) is 0 Å². The van der Waals surface area contributed by atoms with E-state index >= 15 is 0 Å². The molecule has 1 aromatic carbocycles. The maximum atomic E-state index is 11.9. The van der Waals surface area contributed by atoms with Gasteiger partial charge < -0.3 is 20.8 Å². The number of rotatable bonds is 5. The Balaban J connectivity index is 1.95. The molecule has 4 N–H and O–H groups in total. The van der Waals surface area contributed by atoms with E-state index in [4.69, 9.17) is 10.7 Å². The molecule has 1 aromatic rings. The van der Waals surface area contributed by atoms with Crippen molar-refractivity contribution in [2.45, 2.75) is 50.3 Å². The highest BCUT2D eigenvalue weighted by molar-refractivity contribution is 8.14. The summed E-state index contributed by atoms with van der Waals surface area (Å²) in [5, 5.41) is 21.6. The predicted octanol–water partition coefficient (Wildman–Crippen LogP) is 1.21. The van der Waals surface area contributed by atoms with E-state index in [-0.39, 0.29) is 17.7 Å². The number of hydrogen-bond acceptors (Lipinski definition) is 5. The van der Waals surface area contributed by atoms with E-state index in [1.165, 1.54) is 11.8 Å². The van der Waals surface area contributed by atoms with Crippen molar-refractivity contribution < 1.29 is 15.0 Å². The Morgan fingerprint density at radius 3 is 2.65 bits per heavy atom. The van der Waals surface area contributed by atoms with Gasteiger partial charge in [-0.1, -0.05) is 55.9 Å². The van der Waals surface area contributed by atoms with Gasteiger partial charge in [0.2, 0.25) is 5.91 Å².